The Morgan fingerprint density at radius 1 is 1.24 bits per heavy atom. The molecule has 1 aliphatic heterocycles. The zero-order valence-corrected chi connectivity index (χ0v) is 14.0. The Bertz CT molecular complexity index is 572. The van der Waals surface area contributed by atoms with Gasteiger partial charge in [0.1, 0.15) is 0 Å². The lowest BCUT2D eigenvalue weighted by molar-refractivity contribution is 0.196. The molecule has 1 saturated heterocycles. The Morgan fingerprint density at radius 3 is 2.52 bits per heavy atom. The van der Waals surface area contributed by atoms with E-state index in [4.69, 9.17) is 0 Å². The summed E-state index contributed by atoms with van der Waals surface area (Å²) in [5, 5.41) is 3.23. The monoisotopic (exact) mass is 310 g/mol. The summed E-state index contributed by atoms with van der Waals surface area (Å²) in [5.74, 6) is 0. The molecule has 1 fully saturated rings. The van der Waals surface area contributed by atoms with Gasteiger partial charge >= 0.3 is 0 Å². The van der Waals surface area contributed by atoms with Crippen LogP contribution >= 0.6 is 0 Å². The fourth-order valence-corrected chi connectivity index (χ4v) is 4.08. The van der Waals surface area contributed by atoms with E-state index in [0.717, 1.165) is 24.9 Å². The predicted octanol–water partition coefficient (Wildman–Crippen LogP) is 2.61. The van der Waals surface area contributed by atoms with Crippen LogP contribution < -0.4 is 5.32 Å². The third-order valence-corrected chi connectivity index (χ3v) is 6.09. The zero-order chi connectivity index (χ0) is 15.5. The van der Waals surface area contributed by atoms with Crippen molar-refractivity contribution >= 4 is 10.0 Å². The Hall–Kier alpha value is -0.910. The molecule has 0 radical (unpaired) electrons. The normalized spacial score (nSPS) is 19.6. The predicted molar refractivity (Wildman–Crippen MR) is 85.6 cm³/mol. The van der Waals surface area contributed by atoms with Crippen LogP contribution in [0.5, 0.6) is 0 Å². The highest BCUT2D eigenvalue weighted by Crippen LogP contribution is 2.32. The van der Waals surface area contributed by atoms with Crippen LogP contribution in [-0.4, -0.2) is 32.4 Å². The molecule has 0 bridgehead atoms. The van der Waals surface area contributed by atoms with Crippen molar-refractivity contribution in [1.82, 2.24) is 9.62 Å². The van der Waals surface area contributed by atoms with Crippen LogP contribution in [0.1, 0.15) is 39.2 Å². The smallest absolute Gasteiger partial charge is 0.243 e. The first-order valence-corrected chi connectivity index (χ1v) is 9.09. The van der Waals surface area contributed by atoms with Crippen molar-refractivity contribution in [2.45, 2.75) is 45.1 Å². The van der Waals surface area contributed by atoms with Crippen LogP contribution in [0.4, 0.5) is 0 Å². The summed E-state index contributed by atoms with van der Waals surface area (Å²) >= 11 is 0. The molecule has 0 aromatic heterocycles. The maximum Gasteiger partial charge on any atom is 0.243 e. The van der Waals surface area contributed by atoms with E-state index in [2.05, 4.69) is 19.2 Å². The van der Waals surface area contributed by atoms with E-state index in [9.17, 15) is 8.42 Å². The lowest BCUT2D eigenvalue weighted by atomic mass is 9.83. The number of nitrogens with one attached hydrogen (secondary N) is 1. The zero-order valence-electron chi connectivity index (χ0n) is 13.2. The summed E-state index contributed by atoms with van der Waals surface area (Å²) in [6.07, 6.45) is 1.84. The molecule has 0 saturated carbocycles. The highest BCUT2D eigenvalue weighted by Gasteiger charge is 2.32. The number of sulfonamides is 1. The van der Waals surface area contributed by atoms with Gasteiger partial charge in [0.05, 0.1) is 4.90 Å². The second-order valence-corrected chi connectivity index (χ2v) is 8.43. The molecule has 1 aromatic rings. The molecule has 5 heteroatoms. The number of piperidine rings is 1. The maximum atomic E-state index is 12.7. The van der Waals surface area contributed by atoms with E-state index >= 15 is 0 Å². The molecule has 0 unspecified atom stereocenters. The first-order valence-electron chi connectivity index (χ1n) is 7.65. The van der Waals surface area contributed by atoms with Crippen LogP contribution in [0.15, 0.2) is 29.2 Å². The van der Waals surface area contributed by atoms with Crippen molar-refractivity contribution in [2.24, 2.45) is 5.41 Å². The summed E-state index contributed by atoms with van der Waals surface area (Å²) in [7, 11) is -3.35. The largest absolute Gasteiger partial charge is 0.313 e. The van der Waals surface area contributed by atoms with Gasteiger partial charge in [-0.3, -0.25) is 0 Å². The Kier molecular flexibility index (Phi) is 5.07. The summed E-state index contributed by atoms with van der Waals surface area (Å²) in [5.41, 5.74) is 1.26. The van der Waals surface area contributed by atoms with Gasteiger partial charge in [-0.1, -0.05) is 32.9 Å². The van der Waals surface area contributed by atoms with Gasteiger partial charge in [-0.15, -0.1) is 0 Å². The Balaban J connectivity index is 2.16. The standard InChI is InChI=1S/C16H26N2O2S/c1-4-17-13-14-6-5-7-15(12-14)21(19,20)18-10-8-16(2,3)9-11-18/h5-7,12,17H,4,8-11,13H2,1-3H3. The molecule has 0 spiro atoms. The van der Waals surface area contributed by atoms with E-state index in [0.29, 0.717) is 24.5 Å². The van der Waals surface area contributed by atoms with Gasteiger partial charge in [0.2, 0.25) is 10.0 Å². The van der Waals surface area contributed by atoms with E-state index in [1.807, 2.05) is 19.1 Å². The van der Waals surface area contributed by atoms with Crippen LogP contribution in [0, 0.1) is 5.41 Å². The number of benzene rings is 1. The average molecular weight is 310 g/mol. The SMILES string of the molecule is CCNCc1cccc(S(=O)(=O)N2CCC(C)(C)CC2)c1. The summed E-state index contributed by atoms with van der Waals surface area (Å²) in [6, 6.07) is 7.27. The Morgan fingerprint density at radius 2 is 1.90 bits per heavy atom. The van der Waals surface area contributed by atoms with E-state index in [1.54, 1.807) is 16.4 Å². The molecule has 0 aliphatic carbocycles. The second kappa shape index (κ2) is 6.46. The number of nitrogens with zero attached hydrogens (tertiary/aromatic N) is 1. The fourth-order valence-electron chi connectivity index (χ4n) is 2.57. The molecule has 1 N–H and O–H groups in total. The van der Waals surface area contributed by atoms with E-state index < -0.39 is 10.0 Å². The van der Waals surface area contributed by atoms with Gasteiger partial charge < -0.3 is 5.32 Å². The van der Waals surface area contributed by atoms with Crippen molar-refractivity contribution in [3.8, 4) is 0 Å². The minimum absolute atomic E-state index is 0.249. The van der Waals surface area contributed by atoms with Crippen LogP contribution in [0.2, 0.25) is 0 Å². The first-order chi connectivity index (χ1) is 9.85. The molecule has 1 aliphatic rings. The van der Waals surface area contributed by atoms with Crippen molar-refractivity contribution < 1.29 is 8.42 Å². The van der Waals surface area contributed by atoms with Crippen LogP contribution in [0.3, 0.4) is 0 Å². The lowest BCUT2D eigenvalue weighted by Gasteiger charge is -2.36. The van der Waals surface area contributed by atoms with Crippen molar-refractivity contribution in [2.75, 3.05) is 19.6 Å². The molecule has 1 aromatic carbocycles. The minimum atomic E-state index is -3.35. The molecule has 0 amide bonds. The van der Waals surface area contributed by atoms with Gasteiger partial charge in [0, 0.05) is 19.6 Å². The molecule has 2 rings (SSSR count). The quantitative estimate of drug-likeness (QED) is 0.909. The third-order valence-electron chi connectivity index (χ3n) is 4.19. The molecule has 0 atom stereocenters. The minimum Gasteiger partial charge on any atom is -0.313 e. The van der Waals surface area contributed by atoms with E-state index in [1.165, 1.54) is 0 Å². The molecule has 21 heavy (non-hydrogen) atoms. The summed E-state index contributed by atoms with van der Waals surface area (Å²) < 4.78 is 27.1. The lowest BCUT2D eigenvalue weighted by Crippen LogP contribution is -2.41. The number of hydrogen-bond acceptors (Lipinski definition) is 3. The van der Waals surface area contributed by atoms with Gasteiger partial charge in [0.25, 0.3) is 0 Å². The van der Waals surface area contributed by atoms with Gasteiger partial charge in [-0.2, -0.15) is 4.31 Å². The summed E-state index contributed by atoms with van der Waals surface area (Å²) in [4.78, 5) is 0.414. The molecular formula is C16H26N2O2S. The van der Waals surface area contributed by atoms with Crippen LogP contribution in [0.25, 0.3) is 0 Å². The van der Waals surface area contributed by atoms with E-state index in [-0.39, 0.29) is 5.41 Å². The highest BCUT2D eigenvalue weighted by atomic mass is 32.2. The van der Waals surface area contributed by atoms with Crippen LogP contribution in [-0.2, 0) is 16.6 Å². The second-order valence-electron chi connectivity index (χ2n) is 6.50. The molecule has 4 nitrogen and oxygen atoms in total. The molecule has 1 heterocycles. The fraction of sp³-hybridized carbons (Fsp3) is 0.625. The third kappa shape index (κ3) is 4.05. The topological polar surface area (TPSA) is 49.4 Å². The van der Waals surface area contributed by atoms with Gasteiger partial charge in [-0.05, 0) is 42.5 Å². The summed E-state index contributed by atoms with van der Waals surface area (Å²) in [6.45, 7) is 9.25. The number of hydrogen-bond donors (Lipinski definition) is 1. The van der Waals surface area contributed by atoms with Crippen molar-refractivity contribution in [3.05, 3.63) is 29.8 Å². The molecule has 118 valence electrons. The van der Waals surface area contributed by atoms with Crippen molar-refractivity contribution in [1.29, 1.82) is 0 Å². The molecular weight excluding hydrogens is 284 g/mol. The van der Waals surface area contributed by atoms with Gasteiger partial charge in [-0.25, -0.2) is 8.42 Å². The number of rotatable bonds is 5. The maximum absolute atomic E-state index is 12.7. The first kappa shape index (κ1) is 16.5. The Labute approximate surface area is 128 Å². The average Bonchev–Trinajstić information content (AvgIpc) is 2.45. The van der Waals surface area contributed by atoms with Gasteiger partial charge in [0.15, 0.2) is 0 Å². The highest BCUT2D eigenvalue weighted by molar-refractivity contribution is 7.89. The van der Waals surface area contributed by atoms with Crippen molar-refractivity contribution in [3.63, 3.8) is 0 Å².